The third kappa shape index (κ3) is 4.83. The summed E-state index contributed by atoms with van der Waals surface area (Å²) in [4.78, 5) is 22.8. The van der Waals surface area contributed by atoms with E-state index in [9.17, 15) is 14.0 Å². The van der Waals surface area contributed by atoms with Gasteiger partial charge >= 0.3 is 5.97 Å². The molecule has 0 aliphatic carbocycles. The van der Waals surface area contributed by atoms with Crippen molar-refractivity contribution in [2.75, 3.05) is 12.0 Å². The van der Waals surface area contributed by atoms with E-state index in [1.165, 1.54) is 23.9 Å². The third-order valence-corrected chi connectivity index (χ3v) is 3.68. The summed E-state index contributed by atoms with van der Waals surface area (Å²) < 4.78 is 13.5. The number of rotatable bonds is 6. The molecule has 0 bridgehead atoms. The van der Waals surface area contributed by atoms with E-state index in [1.807, 2.05) is 6.26 Å². The van der Waals surface area contributed by atoms with Crippen LogP contribution in [0.25, 0.3) is 0 Å². The molecule has 0 aromatic heterocycles. The molecule has 0 aliphatic rings. The average Bonchev–Trinajstić information content (AvgIpc) is 2.37. The van der Waals surface area contributed by atoms with Crippen molar-refractivity contribution in [3.63, 3.8) is 0 Å². The Morgan fingerprint density at radius 1 is 1.53 bits per heavy atom. The van der Waals surface area contributed by atoms with Gasteiger partial charge in [0, 0.05) is 5.56 Å². The number of thioether (sulfide) groups is 1. The van der Waals surface area contributed by atoms with E-state index in [2.05, 4.69) is 21.2 Å². The Morgan fingerprint density at radius 3 is 2.74 bits per heavy atom. The zero-order valence-electron chi connectivity index (χ0n) is 10.2. The van der Waals surface area contributed by atoms with Crippen molar-refractivity contribution >= 4 is 39.6 Å². The molecule has 0 fully saturated rings. The van der Waals surface area contributed by atoms with Crippen molar-refractivity contribution in [2.24, 2.45) is 0 Å². The lowest BCUT2D eigenvalue weighted by Gasteiger charge is -2.14. The predicted molar refractivity (Wildman–Crippen MR) is 76.0 cm³/mol. The first kappa shape index (κ1) is 16.0. The summed E-state index contributed by atoms with van der Waals surface area (Å²) in [7, 11) is 0. The molecule has 0 saturated carbocycles. The number of carboxylic acids is 1. The number of nitrogens with one attached hydrogen (secondary N) is 1. The molecule has 19 heavy (non-hydrogen) atoms. The normalized spacial score (nSPS) is 11.9. The molecule has 1 amide bonds. The predicted octanol–water partition coefficient (Wildman–Crippen LogP) is 2.52. The molecular formula is C12H13BrFNO3S. The number of carbonyl (C=O) groups is 2. The van der Waals surface area contributed by atoms with Crippen molar-refractivity contribution in [1.82, 2.24) is 5.32 Å². The fourth-order valence-corrected chi connectivity index (χ4v) is 2.09. The Hall–Kier alpha value is -1.08. The molecule has 0 heterocycles. The standard InChI is InChI=1S/C12H13BrFNO3S/c1-19-5-4-10(12(17)18)15-11(16)7-2-3-8(13)9(14)6-7/h2-3,6,10H,4-5H2,1H3,(H,15,16)(H,17,18). The lowest BCUT2D eigenvalue weighted by atomic mass is 10.1. The van der Waals surface area contributed by atoms with Crippen molar-refractivity contribution < 1.29 is 19.1 Å². The zero-order valence-corrected chi connectivity index (χ0v) is 12.6. The Balaban J connectivity index is 2.75. The molecule has 7 heteroatoms. The minimum Gasteiger partial charge on any atom is -0.480 e. The van der Waals surface area contributed by atoms with Gasteiger partial charge in [-0.15, -0.1) is 0 Å². The van der Waals surface area contributed by atoms with Crippen molar-refractivity contribution in [3.8, 4) is 0 Å². The SMILES string of the molecule is CSCCC(NC(=O)c1ccc(Br)c(F)c1)C(=O)O. The summed E-state index contributed by atoms with van der Waals surface area (Å²) in [6.45, 7) is 0. The van der Waals surface area contributed by atoms with Crippen LogP contribution in [0.2, 0.25) is 0 Å². The van der Waals surface area contributed by atoms with Gasteiger partial charge in [0.15, 0.2) is 0 Å². The molecule has 0 radical (unpaired) electrons. The highest BCUT2D eigenvalue weighted by Gasteiger charge is 2.20. The van der Waals surface area contributed by atoms with E-state index in [0.29, 0.717) is 12.2 Å². The Bertz CT molecular complexity index is 484. The quantitative estimate of drug-likeness (QED) is 0.828. The fourth-order valence-electron chi connectivity index (χ4n) is 1.37. The van der Waals surface area contributed by atoms with Crippen molar-refractivity contribution in [2.45, 2.75) is 12.5 Å². The monoisotopic (exact) mass is 349 g/mol. The van der Waals surface area contributed by atoms with Gasteiger partial charge in [0.05, 0.1) is 4.47 Å². The second kappa shape index (κ2) is 7.49. The molecule has 1 aromatic rings. The van der Waals surface area contributed by atoms with Gasteiger partial charge < -0.3 is 10.4 Å². The summed E-state index contributed by atoms with van der Waals surface area (Å²) in [5.74, 6) is -1.64. The highest BCUT2D eigenvalue weighted by molar-refractivity contribution is 9.10. The van der Waals surface area contributed by atoms with Gasteiger partial charge in [0.2, 0.25) is 0 Å². The number of hydrogen-bond acceptors (Lipinski definition) is 3. The second-order valence-corrected chi connectivity index (χ2v) is 5.61. The first-order chi connectivity index (χ1) is 8.95. The Morgan fingerprint density at radius 2 is 2.21 bits per heavy atom. The number of benzene rings is 1. The molecule has 0 spiro atoms. The van der Waals surface area contributed by atoms with Crippen LogP contribution in [0.4, 0.5) is 4.39 Å². The van der Waals surface area contributed by atoms with Crippen LogP contribution in [-0.4, -0.2) is 35.0 Å². The zero-order chi connectivity index (χ0) is 14.4. The number of halogens is 2. The fraction of sp³-hybridized carbons (Fsp3) is 0.333. The highest BCUT2D eigenvalue weighted by atomic mass is 79.9. The maximum absolute atomic E-state index is 13.3. The van der Waals surface area contributed by atoms with Crippen LogP contribution in [0, 0.1) is 5.82 Å². The van der Waals surface area contributed by atoms with Gasteiger partial charge in [0.25, 0.3) is 5.91 Å². The van der Waals surface area contributed by atoms with E-state index < -0.39 is 23.7 Å². The highest BCUT2D eigenvalue weighted by Crippen LogP contribution is 2.16. The number of hydrogen-bond donors (Lipinski definition) is 2. The van der Waals surface area contributed by atoms with Crippen LogP contribution in [0.3, 0.4) is 0 Å². The molecule has 1 atom stereocenters. The molecule has 0 aliphatic heterocycles. The molecule has 1 rings (SSSR count). The summed E-state index contributed by atoms with van der Waals surface area (Å²) in [6.07, 6.45) is 2.17. The topological polar surface area (TPSA) is 66.4 Å². The lowest BCUT2D eigenvalue weighted by Crippen LogP contribution is -2.41. The van der Waals surface area contributed by atoms with E-state index in [4.69, 9.17) is 5.11 Å². The van der Waals surface area contributed by atoms with Crippen LogP contribution in [-0.2, 0) is 4.79 Å². The van der Waals surface area contributed by atoms with Crippen LogP contribution < -0.4 is 5.32 Å². The van der Waals surface area contributed by atoms with Crippen LogP contribution in [0.5, 0.6) is 0 Å². The Kier molecular flexibility index (Phi) is 6.30. The molecule has 104 valence electrons. The number of aliphatic carboxylic acids is 1. The van der Waals surface area contributed by atoms with E-state index in [1.54, 1.807) is 0 Å². The van der Waals surface area contributed by atoms with E-state index in [0.717, 1.165) is 6.07 Å². The molecule has 2 N–H and O–H groups in total. The van der Waals surface area contributed by atoms with Gasteiger partial charge in [-0.05, 0) is 52.6 Å². The van der Waals surface area contributed by atoms with Crippen LogP contribution in [0.15, 0.2) is 22.7 Å². The average molecular weight is 350 g/mol. The van der Waals surface area contributed by atoms with Crippen molar-refractivity contribution in [3.05, 3.63) is 34.1 Å². The first-order valence-corrected chi connectivity index (χ1v) is 7.62. The van der Waals surface area contributed by atoms with Crippen LogP contribution >= 0.6 is 27.7 Å². The van der Waals surface area contributed by atoms with Gasteiger partial charge in [-0.2, -0.15) is 11.8 Å². The molecule has 0 saturated heterocycles. The summed E-state index contributed by atoms with van der Waals surface area (Å²) in [5.41, 5.74) is 0.0936. The van der Waals surface area contributed by atoms with Crippen molar-refractivity contribution in [1.29, 1.82) is 0 Å². The molecule has 1 unspecified atom stereocenters. The lowest BCUT2D eigenvalue weighted by molar-refractivity contribution is -0.139. The number of amides is 1. The third-order valence-electron chi connectivity index (χ3n) is 2.40. The van der Waals surface area contributed by atoms with Gasteiger partial charge in [-0.25, -0.2) is 9.18 Å². The largest absolute Gasteiger partial charge is 0.480 e. The summed E-state index contributed by atoms with van der Waals surface area (Å²) in [5, 5.41) is 11.4. The van der Waals surface area contributed by atoms with Gasteiger partial charge in [-0.1, -0.05) is 0 Å². The van der Waals surface area contributed by atoms with Gasteiger partial charge in [-0.3, -0.25) is 4.79 Å². The van der Waals surface area contributed by atoms with E-state index >= 15 is 0 Å². The van der Waals surface area contributed by atoms with Gasteiger partial charge in [0.1, 0.15) is 11.9 Å². The minimum atomic E-state index is -1.10. The second-order valence-electron chi connectivity index (χ2n) is 3.77. The van der Waals surface area contributed by atoms with Crippen LogP contribution in [0.1, 0.15) is 16.8 Å². The number of carboxylic acid groups (broad SMARTS) is 1. The number of carbonyl (C=O) groups excluding carboxylic acids is 1. The molecule has 4 nitrogen and oxygen atoms in total. The van der Waals surface area contributed by atoms with E-state index in [-0.39, 0.29) is 10.0 Å². The molecular weight excluding hydrogens is 337 g/mol. The summed E-state index contributed by atoms with van der Waals surface area (Å²) in [6, 6.07) is 2.93. The first-order valence-electron chi connectivity index (χ1n) is 5.43. The Labute approximate surface area is 122 Å². The minimum absolute atomic E-state index is 0.0936. The maximum atomic E-state index is 13.3. The summed E-state index contributed by atoms with van der Waals surface area (Å²) >= 11 is 4.48. The molecule has 1 aromatic carbocycles. The smallest absolute Gasteiger partial charge is 0.326 e. The maximum Gasteiger partial charge on any atom is 0.326 e.